The van der Waals surface area contributed by atoms with Gasteiger partial charge >= 0.3 is 6.03 Å². The van der Waals surface area contributed by atoms with Gasteiger partial charge in [-0.15, -0.1) is 0 Å². The fraction of sp³-hybridized carbons (Fsp3) is 0.619. The molecule has 1 aromatic carbocycles. The average Bonchev–Trinajstić information content (AvgIpc) is 3.09. The summed E-state index contributed by atoms with van der Waals surface area (Å²) in [6.45, 7) is 4.94. The number of hydrogen-bond donors (Lipinski definition) is 3. The Morgan fingerprint density at radius 2 is 1.86 bits per heavy atom. The molecule has 29 heavy (non-hydrogen) atoms. The molecule has 2 aliphatic rings. The van der Waals surface area contributed by atoms with E-state index in [4.69, 9.17) is 0 Å². The second-order valence-corrected chi connectivity index (χ2v) is 8.37. The summed E-state index contributed by atoms with van der Waals surface area (Å²) in [6, 6.07) is 3.25. The number of carbonyl (C=O) groups is 2. The summed E-state index contributed by atoms with van der Waals surface area (Å²) in [7, 11) is 0. The van der Waals surface area contributed by atoms with Crippen molar-refractivity contribution in [3.05, 3.63) is 29.8 Å². The standard InChI is InChI=1S/C21H30F2N4O2/c1-13(2)24-20(28)14-4-3-5-16(10-14)25-21(29)26-17-8-9-27(12-17)19-7-6-15(22)11-18(19)23/h6-7,11,13-14,16-17H,3-5,8-10,12H2,1-2H3,(H,24,28)(H2,25,26,29). The molecule has 1 heterocycles. The third-order valence-electron chi connectivity index (χ3n) is 5.59. The summed E-state index contributed by atoms with van der Waals surface area (Å²) < 4.78 is 27.1. The Morgan fingerprint density at radius 1 is 1.10 bits per heavy atom. The molecule has 3 amide bonds. The van der Waals surface area contributed by atoms with E-state index < -0.39 is 11.6 Å². The van der Waals surface area contributed by atoms with E-state index in [-0.39, 0.29) is 36.0 Å². The first kappa shape index (κ1) is 21.3. The van der Waals surface area contributed by atoms with Crippen LogP contribution in [0.2, 0.25) is 0 Å². The van der Waals surface area contributed by atoms with Crippen molar-refractivity contribution in [1.82, 2.24) is 16.0 Å². The van der Waals surface area contributed by atoms with E-state index in [1.807, 2.05) is 18.7 Å². The van der Waals surface area contributed by atoms with Crippen LogP contribution in [0.15, 0.2) is 18.2 Å². The molecule has 3 unspecified atom stereocenters. The molecule has 0 radical (unpaired) electrons. The number of anilines is 1. The number of urea groups is 1. The fourth-order valence-corrected chi connectivity index (χ4v) is 4.21. The number of nitrogens with one attached hydrogen (secondary N) is 3. The molecule has 1 saturated heterocycles. The van der Waals surface area contributed by atoms with E-state index in [1.165, 1.54) is 12.1 Å². The molecular weight excluding hydrogens is 378 g/mol. The molecule has 1 aromatic rings. The van der Waals surface area contributed by atoms with Gasteiger partial charge in [-0.05, 0) is 51.7 Å². The van der Waals surface area contributed by atoms with Crippen LogP contribution < -0.4 is 20.9 Å². The van der Waals surface area contributed by atoms with Gasteiger partial charge in [0.05, 0.1) is 5.69 Å². The Labute approximate surface area is 170 Å². The van der Waals surface area contributed by atoms with Gasteiger partial charge in [0.15, 0.2) is 0 Å². The maximum Gasteiger partial charge on any atom is 0.315 e. The zero-order valence-electron chi connectivity index (χ0n) is 17.0. The smallest absolute Gasteiger partial charge is 0.315 e. The third-order valence-corrected chi connectivity index (χ3v) is 5.59. The van der Waals surface area contributed by atoms with Crippen molar-refractivity contribution >= 4 is 17.6 Å². The lowest BCUT2D eigenvalue weighted by Crippen LogP contribution is -2.49. The Bertz CT molecular complexity index is 743. The van der Waals surface area contributed by atoms with Crippen molar-refractivity contribution in [2.24, 2.45) is 5.92 Å². The number of rotatable bonds is 5. The van der Waals surface area contributed by atoms with E-state index >= 15 is 0 Å². The SMILES string of the molecule is CC(C)NC(=O)C1CCCC(NC(=O)NC2CCN(c3ccc(F)cc3F)C2)C1. The number of carbonyl (C=O) groups excluding carboxylic acids is 2. The monoisotopic (exact) mass is 408 g/mol. The van der Waals surface area contributed by atoms with Gasteiger partial charge in [0.2, 0.25) is 5.91 Å². The minimum absolute atomic E-state index is 0.0290. The molecule has 160 valence electrons. The van der Waals surface area contributed by atoms with Gasteiger partial charge < -0.3 is 20.9 Å². The topological polar surface area (TPSA) is 73.5 Å². The van der Waals surface area contributed by atoms with E-state index in [0.29, 0.717) is 31.6 Å². The summed E-state index contributed by atoms with van der Waals surface area (Å²) in [5.41, 5.74) is 0.349. The predicted molar refractivity (Wildman–Crippen MR) is 108 cm³/mol. The molecule has 2 fully saturated rings. The molecule has 3 N–H and O–H groups in total. The minimum atomic E-state index is -0.604. The zero-order valence-corrected chi connectivity index (χ0v) is 17.0. The summed E-state index contributed by atoms with van der Waals surface area (Å²) in [4.78, 5) is 26.5. The molecule has 8 heteroatoms. The highest BCUT2D eigenvalue weighted by atomic mass is 19.1. The highest BCUT2D eigenvalue weighted by molar-refractivity contribution is 5.79. The number of nitrogens with zero attached hydrogens (tertiary/aromatic N) is 1. The number of hydrogen-bond acceptors (Lipinski definition) is 3. The van der Waals surface area contributed by atoms with Crippen LogP contribution in [0.3, 0.4) is 0 Å². The maximum atomic E-state index is 14.0. The second kappa shape index (κ2) is 9.41. The van der Waals surface area contributed by atoms with Gasteiger partial charge in [-0.2, -0.15) is 0 Å². The van der Waals surface area contributed by atoms with Gasteiger partial charge in [0, 0.05) is 43.2 Å². The van der Waals surface area contributed by atoms with Crippen LogP contribution in [0.25, 0.3) is 0 Å². The third kappa shape index (κ3) is 5.81. The van der Waals surface area contributed by atoms with Crippen molar-refractivity contribution in [2.45, 2.75) is 64.1 Å². The predicted octanol–water partition coefficient (Wildman–Crippen LogP) is 2.93. The normalized spacial score (nSPS) is 24.4. The van der Waals surface area contributed by atoms with Crippen LogP contribution in [0.5, 0.6) is 0 Å². The second-order valence-electron chi connectivity index (χ2n) is 8.37. The van der Waals surface area contributed by atoms with Crippen LogP contribution in [0.4, 0.5) is 19.3 Å². The molecule has 0 spiro atoms. The molecule has 1 saturated carbocycles. The lowest BCUT2D eigenvalue weighted by molar-refractivity contribution is -0.126. The number of amides is 3. The van der Waals surface area contributed by atoms with E-state index in [2.05, 4.69) is 16.0 Å². The van der Waals surface area contributed by atoms with Gasteiger partial charge in [-0.3, -0.25) is 4.79 Å². The number of halogens is 2. The van der Waals surface area contributed by atoms with Crippen molar-refractivity contribution < 1.29 is 18.4 Å². The largest absolute Gasteiger partial charge is 0.367 e. The van der Waals surface area contributed by atoms with E-state index in [1.54, 1.807) is 0 Å². The van der Waals surface area contributed by atoms with Gasteiger partial charge in [-0.25, -0.2) is 13.6 Å². The first-order valence-electron chi connectivity index (χ1n) is 10.4. The molecule has 3 rings (SSSR count). The highest BCUT2D eigenvalue weighted by Gasteiger charge is 2.30. The Balaban J connectivity index is 1.46. The van der Waals surface area contributed by atoms with Gasteiger partial charge in [0.1, 0.15) is 11.6 Å². The maximum absolute atomic E-state index is 14.0. The van der Waals surface area contributed by atoms with Gasteiger partial charge in [0.25, 0.3) is 0 Å². The van der Waals surface area contributed by atoms with Crippen LogP contribution in [-0.4, -0.2) is 43.2 Å². The fourth-order valence-electron chi connectivity index (χ4n) is 4.21. The van der Waals surface area contributed by atoms with Crippen molar-refractivity contribution in [1.29, 1.82) is 0 Å². The Morgan fingerprint density at radius 3 is 2.59 bits per heavy atom. The lowest BCUT2D eigenvalue weighted by Gasteiger charge is -2.30. The molecule has 1 aliphatic carbocycles. The van der Waals surface area contributed by atoms with Crippen molar-refractivity contribution in [2.75, 3.05) is 18.0 Å². The summed E-state index contributed by atoms with van der Waals surface area (Å²) >= 11 is 0. The first-order chi connectivity index (χ1) is 13.8. The molecule has 0 bridgehead atoms. The first-order valence-corrected chi connectivity index (χ1v) is 10.4. The molecular formula is C21H30F2N4O2. The van der Waals surface area contributed by atoms with Crippen LogP contribution in [0.1, 0.15) is 46.0 Å². The average molecular weight is 408 g/mol. The lowest BCUT2D eigenvalue weighted by atomic mass is 9.85. The quantitative estimate of drug-likeness (QED) is 0.701. The van der Waals surface area contributed by atoms with Crippen molar-refractivity contribution in [3.63, 3.8) is 0 Å². The molecule has 1 aliphatic heterocycles. The minimum Gasteiger partial charge on any atom is -0.367 e. The summed E-state index contributed by atoms with van der Waals surface area (Å²) in [5, 5.41) is 8.88. The highest BCUT2D eigenvalue weighted by Crippen LogP contribution is 2.26. The van der Waals surface area contributed by atoms with Crippen LogP contribution >= 0.6 is 0 Å². The van der Waals surface area contributed by atoms with E-state index in [0.717, 1.165) is 25.3 Å². The van der Waals surface area contributed by atoms with E-state index in [9.17, 15) is 18.4 Å². The van der Waals surface area contributed by atoms with Gasteiger partial charge in [-0.1, -0.05) is 6.42 Å². The number of benzene rings is 1. The molecule has 3 atom stereocenters. The summed E-state index contributed by atoms with van der Waals surface area (Å²) in [5.74, 6) is -1.21. The van der Waals surface area contributed by atoms with Crippen LogP contribution in [0, 0.1) is 17.6 Å². The van der Waals surface area contributed by atoms with Crippen molar-refractivity contribution in [3.8, 4) is 0 Å². The summed E-state index contributed by atoms with van der Waals surface area (Å²) in [6.07, 6.45) is 3.94. The zero-order chi connectivity index (χ0) is 21.0. The Hall–Kier alpha value is -2.38. The molecule has 6 nitrogen and oxygen atoms in total. The Kier molecular flexibility index (Phi) is 6.92. The van der Waals surface area contributed by atoms with Crippen LogP contribution in [-0.2, 0) is 4.79 Å². The molecule has 0 aromatic heterocycles.